The highest BCUT2D eigenvalue weighted by Gasteiger charge is 2.39. The second-order valence-electron chi connectivity index (χ2n) is 6.30. The molecule has 0 spiro atoms. The normalized spacial score (nSPS) is 15.4. The fourth-order valence-electron chi connectivity index (χ4n) is 3.09. The number of hydrogen-bond acceptors (Lipinski definition) is 5. The number of ether oxygens (including phenoxy) is 1. The zero-order chi connectivity index (χ0) is 18.4. The van der Waals surface area contributed by atoms with Crippen LogP contribution in [-0.2, 0) is 20.9 Å². The number of esters is 1. The fraction of sp³-hybridized carbons (Fsp3) is 0.286. The minimum atomic E-state index is -1.17. The Hall–Kier alpha value is -2.79. The van der Waals surface area contributed by atoms with E-state index >= 15 is 0 Å². The Bertz CT molecular complexity index is 767. The highest BCUT2D eigenvalue weighted by Crippen LogP contribution is 2.16. The molecule has 134 valence electrons. The molecule has 5 heteroatoms. The highest BCUT2D eigenvalue weighted by atomic mass is 16.5. The summed E-state index contributed by atoms with van der Waals surface area (Å²) in [5.41, 5.74) is 1.13. The molecule has 1 unspecified atom stereocenters. The second kappa shape index (κ2) is 8.54. The number of Topliss-reactive ketones (excluding diaryl/α,β-unsaturated/α-hetero) is 2. The van der Waals surface area contributed by atoms with Crippen LogP contribution in [0, 0.1) is 0 Å². The lowest BCUT2D eigenvalue weighted by molar-refractivity contribution is -0.153. The molecule has 0 N–H and O–H groups in total. The first kappa shape index (κ1) is 18.0. The predicted octanol–water partition coefficient (Wildman–Crippen LogP) is 2.65. The van der Waals surface area contributed by atoms with Crippen LogP contribution < -0.4 is 0 Å². The number of hydrogen-bond donors (Lipinski definition) is 0. The van der Waals surface area contributed by atoms with Crippen LogP contribution in [-0.4, -0.2) is 41.6 Å². The molecule has 5 nitrogen and oxygen atoms in total. The molecule has 0 aliphatic carbocycles. The van der Waals surface area contributed by atoms with Crippen molar-refractivity contribution in [2.75, 3.05) is 13.1 Å². The van der Waals surface area contributed by atoms with Crippen molar-refractivity contribution in [3.8, 4) is 0 Å². The van der Waals surface area contributed by atoms with Gasteiger partial charge < -0.3 is 4.74 Å². The van der Waals surface area contributed by atoms with E-state index in [0.717, 1.165) is 18.4 Å². The summed E-state index contributed by atoms with van der Waals surface area (Å²) < 4.78 is 5.36. The summed E-state index contributed by atoms with van der Waals surface area (Å²) >= 11 is 0. The predicted molar refractivity (Wildman–Crippen MR) is 96.6 cm³/mol. The topological polar surface area (TPSA) is 63.7 Å². The lowest BCUT2D eigenvalue weighted by atomic mass is 10.0. The molecule has 0 bridgehead atoms. The van der Waals surface area contributed by atoms with Crippen LogP contribution in [0.2, 0.25) is 0 Å². The highest BCUT2D eigenvalue weighted by molar-refractivity contribution is 6.48. The van der Waals surface area contributed by atoms with E-state index in [1.165, 1.54) is 0 Å². The first-order chi connectivity index (χ1) is 12.7. The SMILES string of the molecule is O=C(C(=O)C(C(=O)OCc1ccccc1)N1CCCC1)c1ccccc1. The molecule has 1 heterocycles. The molecule has 1 aliphatic rings. The number of benzene rings is 2. The van der Waals surface area contributed by atoms with Crippen LogP contribution >= 0.6 is 0 Å². The maximum absolute atomic E-state index is 12.8. The quantitative estimate of drug-likeness (QED) is 0.332. The zero-order valence-electron chi connectivity index (χ0n) is 14.5. The van der Waals surface area contributed by atoms with Crippen molar-refractivity contribution in [1.29, 1.82) is 0 Å². The molecular formula is C21H21NO4. The molecule has 1 atom stereocenters. The molecule has 3 rings (SSSR count). The van der Waals surface area contributed by atoms with Gasteiger partial charge >= 0.3 is 5.97 Å². The molecule has 26 heavy (non-hydrogen) atoms. The van der Waals surface area contributed by atoms with Crippen molar-refractivity contribution in [3.63, 3.8) is 0 Å². The summed E-state index contributed by atoms with van der Waals surface area (Å²) in [6.07, 6.45) is 1.80. The number of carbonyl (C=O) groups is 3. The van der Waals surface area contributed by atoms with Crippen molar-refractivity contribution in [1.82, 2.24) is 4.90 Å². The van der Waals surface area contributed by atoms with Crippen molar-refractivity contribution < 1.29 is 19.1 Å². The van der Waals surface area contributed by atoms with Crippen LogP contribution in [0.25, 0.3) is 0 Å². The number of carbonyl (C=O) groups excluding carboxylic acids is 3. The summed E-state index contributed by atoms with van der Waals surface area (Å²) in [4.78, 5) is 39.7. The third-order valence-electron chi connectivity index (χ3n) is 4.46. The van der Waals surface area contributed by atoms with E-state index in [1.807, 2.05) is 30.3 Å². The summed E-state index contributed by atoms with van der Waals surface area (Å²) in [6, 6.07) is 16.4. The van der Waals surface area contributed by atoms with Gasteiger partial charge in [-0.25, -0.2) is 4.79 Å². The van der Waals surface area contributed by atoms with Gasteiger partial charge in [0, 0.05) is 5.56 Å². The van der Waals surface area contributed by atoms with E-state index in [0.29, 0.717) is 13.1 Å². The summed E-state index contributed by atoms with van der Waals surface area (Å²) in [5.74, 6) is -2.04. The van der Waals surface area contributed by atoms with E-state index in [1.54, 1.807) is 35.2 Å². The molecule has 1 saturated heterocycles. The van der Waals surface area contributed by atoms with Crippen molar-refractivity contribution in [3.05, 3.63) is 71.8 Å². The Morgan fingerprint density at radius 2 is 1.46 bits per heavy atom. The van der Waals surface area contributed by atoms with E-state index in [2.05, 4.69) is 0 Å². The Balaban J connectivity index is 1.75. The molecule has 1 aliphatic heterocycles. The van der Waals surface area contributed by atoms with Crippen LogP contribution in [0.15, 0.2) is 60.7 Å². The van der Waals surface area contributed by atoms with Gasteiger partial charge in [-0.05, 0) is 31.5 Å². The van der Waals surface area contributed by atoms with Crippen molar-refractivity contribution in [2.45, 2.75) is 25.5 Å². The van der Waals surface area contributed by atoms with Gasteiger partial charge in [0.05, 0.1) is 0 Å². The van der Waals surface area contributed by atoms with Gasteiger partial charge in [0.15, 0.2) is 6.04 Å². The molecule has 2 aromatic rings. The van der Waals surface area contributed by atoms with Gasteiger partial charge in [-0.1, -0.05) is 60.7 Å². The van der Waals surface area contributed by atoms with Crippen molar-refractivity contribution >= 4 is 17.5 Å². The third-order valence-corrected chi connectivity index (χ3v) is 4.46. The van der Waals surface area contributed by atoms with E-state index in [-0.39, 0.29) is 12.2 Å². The first-order valence-electron chi connectivity index (χ1n) is 8.75. The van der Waals surface area contributed by atoms with Crippen molar-refractivity contribution in [2.24, 2.45) is 0 Å². The lowest BCUT2D eigenvalue weighted by Gasteiger charge is -2.24. The van der Waals surface area contributed by atoms with Gasteiger partial charge in [0.2, 0.25) is 11.6 Å². The Kier molecular flexibility index (Phi) is 5.92. The van der Waals surface area contributed by atoms with Crippen LogP contribution in [0.4, 0.5) is 0 Å². The van der Waals surface area contributed by atoms with Gasteiger partial charge in [0.25, 0.3) is 0 Å². The van der Waals surface area contributed by atoms with Crippen LogP contribution in [0.5, 0.6) is 0 Å². The van der Waals surface area contributed by atoms with Gasteiger partial charge in [-0.2, -0.15) is 0 Å². The number of likely N-dealkylation sites (tertiary alicyclic amines) is 1. The minimum Gasteiger partial charge on any atom is -0.459 e. The maximum atomic E-state index is 12.8. The average molecular weight is 351 g/mol. The monoisotopic (exact) mass is 351 g/mol. The van der Waals surface area contributed by atoms with Gasteiger partial charge in [-0.15, -0.1) is 0 Å². The molecule has 0 radical (unpaired) electrons. The number of nitrogens with zero attached hydrogens (tertiary/aromatic N) is 1. The summed E-state index contributed by atoms with van der Waals surface area (Å²) in [7, 11) is 0. The summed E-state index contributed by atoms with van der Waals surface area (Å²) in [6.45, 7) is 1.30. The number of ketones is 2. The lowest BCUT2D eigenvalue weighted by Crippen LogP contribution is -2.49. The van der Waals surface area contributed by atoms with E-state index < -0.39 is 23.6 Å². The van der Waals surface area contributed by atoms with E-state index in [9.17, 15) is 14.4 Å². The minimum absolute atomic E-state index is 0.0802. The molecular weight excluding hydrogens is 330 g/mol. The third kappa shape index (κ3) is 4.24. The Morgan fingerprint density at radius 3 is 2.08 bits per heavy atom. The molecule has 0 aromatic heterocycles. The standard InChI is InChI=1S/C21H21NO4/c23-19(17-11-5-2-6-12-17)20(24)18(22-13-7-8-14-22)21(25)26-15-16-9-3-1-4-10-16/h1-6,9-12,18H,7-8,13-15H2. The maximum Gasteiger partial charge on any atom is 0.332 e. The Morgan fingerprint density at radius 1 is 0.885 bits per heavy atom. The molecule has 1 fully saturated rings. The molecule has 0 saturated carbocycles. The number of rotatable bonds is 7. The van der Waals surface area contributed by atoms with Gasteiger partial charge in [0.1, 0.15) is 6.61 Å². The summed E-state index contributed by atoms with van der Waals surface area (Å²) in [5, 5.41) is 0. The molecule has 2 aromatic carbocycles. The van der Waals surface area contributed by atoms with Crippen LogP contribution in [0.3, 0.4) is 0 Å². The van der Waals surface area contributed by atoms with Crippen LogP contribution in [0.1, 0.15) is 28.8 Å². The van der Waals surface area contributed by atoms with Gasteiger partial charge in [-0.3, -0.25) is 14.5 Å². The smallest absolute Gasteiger partial charge is 0.332 e. The zero-order valence-corrected chi connectivity index (χ0v) is 14.5. The Labute approximate surface area is 152 Å². The largest absolute Gasteiger partial charge is 0.459 e. The first-order valence-corrected chi connectivity index (χ1v) is 8.75. The molecule has 0 amide bonds. The second-order valence-corrected chi connectivity index (χ2v) is 6.30. The fourth-order valence-corrected chi connectivity index (χ4v) is 3.09. The average Bonchev–Trinajstić information content (AvgIpc) is 3.21. The van der Waals surface area contributed by atoms with E-state index in [4.69, 9.17) is 4.74 Å².